The van der Waals surface area contributed by atoms with Crippen LogP contribution in [0.2, 0.25) is 0 Å². The Hall–Kier alpha value is -1.76. The number of amides is 2. The number of pyridine rings is 1. The Bertz CT molecular complexity index is 759. The quantitative estimate of drug-likeness (QED) is 0.570. The van der Waals surface area contributed by atoms with Gasteiger partial charge in [-0.15, -0.1) is 0 Å². The van der Waals surface area contributed by atoms with Crippen LogP contribution < -0.4 is 40.0 Å². The number of nitrogens with one attached hydrogen (secondary N) is 1. The molecule has 3 rings (SSSR count). The molecule has 0 aliphatic carbocycles. The minimum atomic E-state index is -1.15. The Morgan fingerprint density at radius 3 is 2.37 bits per heavy atom. The van der Waals surface area contributed by atoms with Crippen LogP contribution in [0.4, 0.5) is 0 Å². The molecule has 0 bridgehead atoms. The number of hydrogen-bond donors (Lipinski definition) is 1. The normalized spacial score (nSPS) is 19.9. The molecule has 0 saturated heterocycles. The van der Waals surface area contributed by atoms with Gasteiger partial charge in [0.25, 0.3) is 5.91 Å². The summed E-state index contributed by atoms with van der Waals surface area (Å²) in [5.74, 6) is -1.20. The molecule has 2 aromatic rings. The van der Waals surface area contributed by atoms with E-state index in [0.29, 0.717) is 6.42 Å². The number of fused-ring (bicyclic) bond motifs is 1. The average Bonchev–Trinajstić information content (AvgIpc) is 2.63. The summed E-state index contributed by atoms with van der Waals surface area (Å²) in [6.07, 6.45) is 5.70. The summed E-state index contributed by atoms with van der Waals surface area (Å²) in [6.45, 7) is 5.62. The Balaban J connectivity index is 0.000000284. The Morgan fingerprint density at radius 2 is 1.81 bits per heavy atom. The molecule has 0 fully saturated rings. The number of hydrogen-bond acceptors (Lipinski definition) is 4. The van der Waals surface area contributed by atoms with Crippen molar-refractivity contribution >= 4 is 28.6 Å². The number of carbonyl (C=O) groups excluding carboxylic acids is 2. The van der Waals surface area contributed by atoms with Crippen molar-refractivity contribution in [2.75, 3.05) is 0 Å². The van der Waals surface area contributed by atoms with E-state index in [1.165, 1.54) is 10.8 Å². The number of benzene rings is 1. The smallest absolute Gasteiger partial charge is 0.846 e. The van der Waals surface area contributed by atoms with Crippen molar-refractivity contribution in [3.63, 3.8) is 0 Å². The van der Waals surface area contributed by atoms with Crippen molar-refractivity contribution < 1.29 is 44.3 Å². The van der Waals surface area contributed by atoms with Crippen LogP contribution in [0.5, 0.6) is 0 Å². The summed E-state index contributed by atoms with van der Waals surface area (Å²) >= 11 is 0. The molecule has 0 saturated carbocycles. The predicted molar refractivity (Wildman–Crippen MR) is 99.1 cm³/mol. The van der Waals surface area contributed by atoms with E-state index in [2.05, 4.69) is 27.4 Å². The van der Waals surface area contributed by atoms with E-state index >= 15 is 0 Å². The summed E-state index contributed by atoms with van der Waals surface area (Å²) < 4.78 is 0. The summed E-state index contributed by atoms with van der Waals surface area (Å²) in [6, 6.07) is 9.35. The Morgan fingerprint density at radius 1 is 1.15 bits per heavy atom. The van der Waals surface area contributed by atoms with Crippen LogP contribution >= 0.6 is 0 Å². The van der Waals surface area contributed by atoms with Gasteiger partial charge in [-0.1, -0.05) is 51.5 Å². The monoisotopic (exact) mass is 377 g/mol. The third-order valence-corrected chi connectivity index (χ3v) is 4.88. The van der Waals surface area contributed by atoms with Gasteiger partial charge in [0.05, 0.1) is 6.02 Å². The SMILES string of the molecule is CCCC(C)C1(CC)C(=O)N=C([O-])NC1=O.[Na+].c1ccc2cnccc2c1. The largest absolute Gasteiger partial charge is 1.00 e. The zero-order chi connectivity index (χ0) is 19.2. The van der Waals surface area contributed by atoms with E-state index in [9.17, 15) is 14.7 Å². The molecule has 0 radical (unpaired) electrons. The van der Waals surface area contributed by atoms with Crippen molar-refractivity contribution in [2.45, 2.75) is 40.0 Å². The second kappa shape index (κ2) is 10.5. The van der Waals surface area contributed by atoms with Gasteiger partial charge in [0.15, 0.2) is 0 Å². The van der Waals surface area contributed by atoms with Gasteiger partial charge in [0.1, 0.15) is 5.41 Å². The van der Waals surface area contributed by atoms with Gasteiger partial charge < -0.3 is 10.4 Å². The Labute approximate surface area is 181 Å². The molecule has 1 N–H and O–H groups in total. The van der Waals surface area contributed by atoms with Gasteiger partial charge in [0, 0.05) is 12.4 Å². The first kappa shape index (κ1) is 23.3. The standard InChI is InChI=1S/C11H18N2O3.C9H7N.Na/c1-4-6-7(3)11(5-2)8(14)12-10(16)13-9(11)15;1-2-4-9-7-10-6-5-8(9)3-1;/h7H,4-6H2,1-3H3,(H2,12,13,14,15,16);1-7H;/q;;+1/p-1. The van der Waals surface area contributed by atoms with Crippen molar-refractivity contribution in [1.29, 1.82) is 0 Å². The molecule has 138 valence electrons. The third-order valence-electron chi connectivity index (χ3n) is 4.88. The van der Waals surface area contributed by atoms with E-state index in [1.807, 2.05) is 44.4 Å². The van der Waals surface area contributed by atoms with Crippen LogP contribution in [-0.2, 0) is 9.59 Å². The van der Waals surface area contributed by atoms with E-state index in [1.54, 1.807) is 6.92 Å². The van der Waals surface area contributed by atoms with E-state index in [-0.39, 0.29) is 35.5 Å². The maximum Gasteiger partial charge on any atom is 1.00 e. The topological polar surface area (TPSA) is 94.5 Å². The van der Waals surface area contributed by atoms with E-state index < -0.39 is 23.3 Å². The van der Waals surface area contributed by atoms with Gasteiger partial charge in [0.2, 0.25) is 5.91 Å². The van der Waals surface area contributed by atoms with Crippen LogP contribution in [-0.4, -0.2) is 22.8 Å². The first-order valence-electron chi connectivity index (χ1n) is 8.86. The van der Waals surface area contributed by atoms with Crippen LogP contribution in [0.25, 0.3) is 10.8 Å². The summed E-state index contributed by atoms with van der Waals surface area (Å²) in [5.41, 5.74) is -1.15. The molecule has 2 unspecified atom stereocenters. The number of carbonyl (C=O) groups is 2. The van der Waals surface area contributed by atoms with Gasteiger partial charge in [-0.05, 0) is 35.6 Å². The molecule has 2 amide bonds. The molecule has 1 aromatic heterocycles. The van der Waals surface area contributed by atoms with Crippen LogP contribution in [0, 0.1) is 11.3 Å². The molecule has 1 aliphatic heterocycles. The molecule has 0 spiro atoms. The molecular formula is C20H24N3NaO3. The molecule has 1 aromatic carbocycles. The van der Waals surface area contributed by atoms with Crippen molar-refractivity contribution in [3.8, 4) is 0 Å². The number of aromatic nitrogens is 1. The van der Waals surface area contributed by atoms with Crippen molar-refractivity contribution in [3.05, 3.63) is 42.7 Å². The van der Waals surface area contributed by atoms with Crippen molar-refractivity contribution in [2.24, 2.45) is 16.3 Å². The minimum absolute atomic E-state index is 0. The molecular weight excluding hydrogens is 353 g/mol. The molecule has 1 aliphatic rings. The summed E-state index contributed by atoms with van der Waals surface area (Å²) in [5, 5.41) is 15.5. The zero-order valence-electron chi connectivity index (χ0n) is 16.4. The number of rotatable bonds is 4. The number of amidine groups is 1. The fourth-order valence-corrected chi connectivity index (χ4v) is 3.33. The molecule has 2 heterocycles. The molecule has 2 atom stereocenters. The molecule has 6 nitrogen and oxygen atoms in total. The average molecular weight is 377 g/mol. The number of aliphatic imine (C=N–C) groups is 1. The van der Waals surface area contributed by atoms with Crippen LogP contribution in [0.15, 0.2) is 47.7 Å². The second-order valence-electron chi connectivity index (χ2n) is 6.41. The first-order valence-corrected chi connectivity index (χ1v) is 8.86. The van der Waals surface area contributed by atoms with E-state index in [4.69, 9.17) is 0 Å². The molecule has 7 heteroatoms. The first-order chi connectivity index (χ1) is 12.5. The molecule has 27 heavy (non-hydrogen) atoms. The van der Waals surface area contributed by atoms with E-state index in [0.717, 1.165) is 12.8 Å². The zero-order valence-corrected chi connectivity index (χ0v) is 18.4. The van der Waals surface area contributed by atoms with Gasteiger partial charge in [-0.2, -0.15) is 0 Å². The van der Waals surface area contributed by atoms with Gasteiger partial charge in [-0.3, -0.25) is 14.6 Å². The van der Waals surface area contributed by atoms with Gasteiger partial charge in [-0.25, -0.2) is 4.99 Å². The minimum Gasteiger partial charge on any atom is -0.846 e. The van der Waals surface area contributed by atoms with Crippen LogP contribution in [0.1, 0.15) is 40.0 Å². The second-order valence-corrected chi connectivity index (χ2v) is 6.41. The van der Waals surface area contributed by atoms with Crippen molar-refractivity contribution in [1.82, 2.24) is 10.3 Å². The fraction of sp³-hybridized carbons (Fsp3) is 0.400. The number of nitrogens with zero attached hydrogens (tertiary/aromatic N) is 2. The third kappa shape index (κ3) is 5.15. The summed E-state index contributed by atoms with van der Waals surface area (Å²) in [4.78, 5) is 31.1. The maximum atomic E-state index is 11.9. The fourth-order valence-electron chi connectivity index (χ4n) is 3.33. The summed E-state index contributed by atoms with van der Waals surface area (Å²) in [7, 11) is 0. The maximum absolute atomic E-state index is 11.9. The van der Waals surface area contributed by atoms with Crippen LogP contribution in [0.3, 0.4) is 0 Å². The predicted octanol–water partition coefficient (Wildman–Crippen LogP) is -0.569. The Kier molecular flexibility index (Phi) is 9.09. The van der Waals surface area contributed by atoms with Gasteiger partial charge >= 0.3 is 29.6 Å².